The predicted octanol–water partition coefficient (Wildman–Crippen LogP) is 2.51. The van der Waals surface area contributed by atoms with E-state index in [9.17, 15) is 0 Å². The summed E-state index contributed by atoms with van der Waals surface area (Å²) in [6.45, 7) is 5.36. The fourth-order valence-corrected chi connectivity index (χ4v) is 3.04. The van der Waals surface area contributed by atoms with Gasteiger partial charge < -0.3 is 15.5 Å². The molecule has 6 nitrogen and oxygen atoms in total. The van der Waals surface area contributed by atoms with E-state index in [4.69, 9.17) is 0 Å². The Bertz CT molecular complexity index is 479. The van der Waals surface area contributed by atoms with Crippen molar-refractivity contribution in [1.82, 2.24) is 15.0 Å². The maximum atomic E-state index is 4.62. The minimum Gasteiger partial charge on any atom is -0.357 e. The van der Waals surface area contributed by atoms with Gasteiger partial charge >= 0.3 is 0 Å². The quantitative estimate of drug-likeness (QED) is 0.868. The predicted molar refractivity (Wildman–Crippen MR) is 85.9 cm³/mol. The van der Waals surface area contributed by atoms with Gasteiger partial charge in [-0.25, -0.2) is 0 Å². The number of nitrogens with one attached hydrogen (secondary N) is 2. The molecule has 0 aromatic carbocycles. The number of nitrogens with zero attached hydrogens (tertiary/aromatic N) is 4. The molecule has 0 unspecified atom stereocenters. The average molecular weight is 290 g/mol. The van der Waals surface area contributed by atoms with Gasteiger partial charge in [0.15, 0.2) is 0 Å². The van der Waals surface area contributed by atoms with Crippen LogP contribution in [-0.4, -0.2) is 41.6 Å². The molecule has 0 spiro atoms. The normalized spacial score (nSPS) is 20.8. The van der Waals surface area contributed by atoms with Gasteiger partial charge in [0.2, 0.25) is 17.8 Å². The van der Waals surface area contributed by atoms with Crippen LogP contribution in [0.2, 0.25) is 0 Å². The third-order valence-corrected chi connectivity index (χ3v) is 4.72. The molecule has 2 fully saturated rings. The monoisotopic (exact) mass is 290 g/mol. The van der Waals surface area contributed by atoms with E-state index in [1.54, 1.807) is 0 Å². The molecule has 2 heterocycles. The van der Waals surface area contributed by atoms with Crippen molar-refractivity contribution in [3.63, 3.8) is 0 Å². The lowest BCUT2D eigenvalue weighted by Gasteiger charge is -2.38. The Kier molecular flexibility index (Phi) is 4.12. The summed E-state index contributed by atoms with van der Waals surface area (Å²) in [5.74, 6) is 2.14. The molecule has 1 aromatic rings. The molecule has 1 aliphatic heterocycles. The van der Waals surface area contributed by atoms with Gasteiger partial charge in [0.05, 0.1) is 0 Å². The molecule has 1 aromatic heterocycles. The lowest BCUT2D eigenvalue weighted by Crippen LogP contribution is -2.34. The van der Waals surface area contributed by atoms with Crippen LogP contribution < -0.4 is 15.5 Å². The lowest BCUT2D eigenvalue weighted by molar-refractivity contribution is 0.179. The third kappa shape index (κ3) is 3.36. The first kappa shape index (κ1) is 14.4. The maximum Gasteiger partial charge on any atom is 0.231 e. The van der Waals surface area contributed by atoms with Gasteiger partial charge in [-0.15, -0.1) is 0 Å². The van der Waals surface area contributed by atoms with Crippen LogP contribution in [0, 0.1) is 5.41 Å². The van der Waals surface area contributed by atoms with Gasteiger partial charge in [-0.1, -0.05) is 13.3 Å². The van der Waals surface area contributed by atoms with E-state index < -0.39 is 0 Å². The highest BCUT2D eigenvalue weighted by Gasteiger charge is 2.31. The van der Waals surface area contributed by atoms with E-state index in [1.165, 1.54) is 38.5 Å². The van der Waals surface area contributed by atoms with Gasteiger partial charge in [0, 0.05) is 26.7 Å². The summed E-state index contributed by atoms with van der Waals surface area (Å²) < 4.78 is 0. The highest BCUT2D eigenvalue weighted by Crippen LogP contribution is 2.40. The van der Waals surface area contributed by atoms with Gasteiger partial charge in [-0.3, -0.25) is 0 Å². The van der Waals surface area contributed by atoms with E-state index in [1.807, 2.05) is 7.05 Å². The van der Waals surface area contributed by atoms with Crippen LogP contribution in [0.15, 0.2) is 0 Å². The summed E-state index contributed by atoms with van der Waals surface area (Å²) in [6.07, 6.45) is 7.69. The molecule has 0 amide bonds. The van der Waals surface area contributed by atoms with E-state index >= 15 is 0 Å². The molecule has 2 aliphatic rings. The molecule has 0 bridgehead atoms. The average Bonchev–Trinajstić information content (AvgIpc) is 2.51. The first-order valence-electron chi connectivity index (χ1n) is 8.11. The zero-order valence-corrected chi connectivity index (χ0v) is 13.2. The van der Waals surface area contributed by atoms with Crippen molar-refractivity contribution >= 4 is 17.8 Å². The smallest absolute Gasteiger partial charge is 0.231 e. The number of rotatable bonds is 5. The van der Waals surface area contributed by atoms with Crippen LogP contribution >= 0.6 is 0 Å². The minimum absolute atomic E-state index is 0.414. The van der Waals surface area contributed by atoms with Crippen molar-refractivity contribution in [1.29, 1.82) is 0 Å². The van der Waals surface area contributed by atoms with Crippen molar-refractivity contribution in [2.75, 3.05) is 42.2 Å². The number of anilines is 3. The molecule has 1 saturated carbocycles. The Morgan fingerprint density at radius 3 is 2.33 bits per heavy atom. The molecule has 1 aliphatic carbocycles. The van der Waals surface area contributed by atoms with Crippen LogP contribution in [0.4, 0.5) is 17.8 Å². The van der Waals surface area contributed by atoms with Crippen molar-refractivity contribution in [3.8, 4) is 0 Å². The first-order valence-corrected chi connectivity index (χ1v) is 8.11. The van der Waals surface area contributed by atoms with Crippen LogP contribution in [0.3, 0.4) is 0 Å². The number of piperidine rings is 1. The summed E-state index contributed by atoms with van der Waals surface area (Å²) in [4.78, 5) is 15.8. The van der Waals surface area contributed by atoms with Gasteiger partial charge in [-0.2, -0.15) is 15.0 Å². The molecule has 1 saturated heterocycles. The minimum atomic E-state index is 0.414. The molecular formula is C15H26N6. The summed E-state index contributed by atoms with van der Waals surface area (Å²) >= 11 is 0. The summed E-state index contributed by atoms with van der Waals surface area (Å²) in [7, 11) is 1.85. The molecule has 0 atom stereocenters. The van der Waals surface area contributed by atoms with Gasteiger partial charge in [0.1, 0.15) is 0 Å². The second-order valence-corrected chi connectivity index (χ2v) is 6.60. The Balaban J connectivity index is 1.72. The van der Waals surface area contributed by atoms with Crippen molar-refractivity contribution in [2.24, 2.45) is 5.41 Å². The zero-order valence-electron chi connectivity index (χ0n) is 13.2. The van der Waals surface area contributed by atoms with Crippen molar-refractivity contribution < 1.29 is 0 Å². The Hall–Kier alpha value is -1.59. The summed E-state index contributed by atoms with van der Waals surface area (Å²) in [6, 6.07) is 0. The fourth-order valence-electron chi connectivity index (χ4n) is 3.04. The van der Waals surface area contributed by atoms with E-state index in [0.717, 1.165) is 25.6 Å². The fraction of sp³-hybridized carbons (Fsp3) is 0.800. The van der Waals surface area contributed by atoms with Crippen LogP contribution in [0.5, 0.6) is 0 Å². The largest absolute Gasteiger partial charge is 0.357 e. The molecular weight excluding hydrogens is 264 g/mol. The topological polar surface area (TPSA) is 66.0 Å². The highest BCUT2D eigenvalue weighted by atomic mass is 15.3. The summed E-state index contributed by atoms with van der Waals surface area (Å²) in [5.41, 5.74) is 0.414. The maximum absolute atomic E-state index is 4.62. The Morgan fingerprint density at radius 1 is 1.00 bits per heavy atom. The molecule has 116 valence electrons. The third-order valence-electron chi connectivity index (χ3n) is 4.72. The molecule has 2 N–H and O–H groups in total. The Labute approximate surface area is 126 Å². The van der Waals surface area contributed by atoms with E-state index in [2.05, 4.69) is 37.4 Å². The van der Waals surface area contributed by atoms with Gasteiger partial charge in [0.25, 0.3) is 0 Å². The summed E-state index contributed by atoms with van der Waals surface area (Å²) in [5, 5.41) is 6.46. The van der Waals surface area contributed by atoms with E-state index in [-0.39, 0.29) is 0 Å². The van der Waals surface area contributed by atoms with Crippen molar-refractivity contribution in [3.05, 3.63) is 0 Å². The molecule has 21 heavy (non-hydrogen) atoms. The lowest BCUT2D eigenvalue weighted by atomic mass is 9.70. The van der Waals surface area contributed by atoms with Crippen LogP contribution in [0.1, 0.15) is 45.4 Å². The number of hydrogen-bond donors (Lipinski definition) is 2. The SMILES string of the molecule is CNc1nc(NCC2(C)CCC2)nc(N2CCCCC2)n1. The number of hydrogen-bond acceptors (Lipinski definition) is 6. The molecule has 0 radical (unpaired) electrons. The second-order valence-electron chi connectivity index (χ2n) is 6.60. The standard InChI is InChI=1S/C15H26N6/c1-15(7-6-8-15)11-17-13-18-12(16-2)19-14(20-13)21-9-4-3-5-10-21/h3-11H2,1-2H3,(H2,16,17,18,19,20). The van der Waals surface area contributed by atoms with Gasteiger partial charge in [-0.05, 0) is 37.5 Å². The highest BCUT2D eigenvalue weighted by molar-refractivity contribution is 5.43. The van der Waals surface area contributed by atoms with E-state index in [0.29, 0.717) is 17.3 Å². The Morgan fingerprint density at radius 2 is 1.71 bits per heavy atom. The first-order chi connectivity index (χ1) is 10.2. The number of aromatic nitrogens is 3. The molecule has 3 rings (SSSR count). The van der Waals surface area contributed by atoms with Crippen molar-refractivity contribution in [2.45, 2.75) is 45.4 Å². The second kappa shape index (κ2) is 6.03. The van der Waals surface area contributed by atoms with Crippen LogP contribution in [0.25, 0.3) is 0 Å². The zero-order chi connectivity index (χ0) is 14.7. The molecule has 6 heteroatoms. The van der Waals surface area contributed by atoms with Crippen LogP contribution in [-0.2, 0) is 0 Å².